The number of nitrogens with one attached hydrogen (secondary N) is 1. The van der Waals surface area contributed by atoms with Gasteiger partial charge in [-0.15, -0.1) is 11.6 Å². The molecule has 7 heteroatoms. The summed E-state index contributed by atoms with van der Waals surface area (Å²) < 4.78 is 3.16. The Kier molecular flexibility index (Phi) is 9.42. The minimum Gasteiger partial charge on any atom is -0.283 e. The number of nitrogens with zero attached hydrogens (tertiary/aromatic N) is 3. The molecular weight excluding hydrogens is 476 g/mol. The highest BCUT2D eigenvalue weighted by molar-refractivity contribution is 9.10. The van der Waals surface area contributed by atoms with Crippen LogP contribution in [-0.4, -0.2) is 39.7 Å². The molecule has 0 atom stereocenters. The van der Waals surface area contributed by atoms with Crippen LogP contribution in [0, 0.1) is 0 Å². The van der Waals surface area contributed by atoms with Crippen LogP contribution >= 0.6 is 27.5 Å². The number of unbranched alkanes of at least 4 members (excludes halogenated alkanes) is 2. The van der Waals surface area contributed by atoms with Crippen molar-refractivity contribution in [1.29, 1.82) is 0 Å². The Bertz CT molecular complexity index is 877. The standard InChI is InChI=1S/C24H34BrClN4O/c1-3-14-29(15-4-2)28-24(31)22-21-10-8-9-18-17-19(25)11-12-20(18)23(21)30(27-22)16-7-5-6-13-26/h11-12,17H,3-10,13-16H2,1-2H3,(H,28,31). The molecule has 2 aromatic rings. The van der Waals surface area contributed by atoms with E-state index in [2.05, 4.69) is 58.1 Å². The molecule has 0 radical (unpaired) electrons. The molecule has 31 heavy (non-hydrogen) atoms. The normalized spacial score (nSPS) is 13.1. The van der Waals surface area contributed by atoms with Gasteiger partial charge in [0.2, 0.25) is 0 Å². The molecule has 3 rings (SSSR count). The number of carbonyl (C=O) groups excluding carboxylic acids is 1. The zero-order valence-corrected chi connectivity index (χ0v) is 21.1. The Morgan fingerprint density at radius 1 is 1.19 bits per heavy atom. The molecular formula is C24H34BrClN4O. The molecule has 1 amide bonds. The first kappa shape index (κ1) is 24.3. The van der Waals surface area contributed by atoms with Gasteiger partial charge in [0.05, 0.1) is 5.69 Å². The smallest absolute Gasteiger partial charge is 0.283 e. The first-order valence-electron chi connectivity index (χ1n) is 11.6. The van der Waals surface area contributed by atoms with E-state index in [9.17, 15) is 4.79 Å². The first-order valence-corrected chi connectivity index (χ1v) is 12.9. The fourth-order valence-electron chi connectivity index (χ4n) is 4.33. The third kappa shape index (κ3) is 6.11. The number of fused-ring (bicyclic) bond motifs is 3. The zero-order chi connectivity index (χ0) is 22.2. The summed E-state index contributed by atoms with van der Waals surface area (Å²) in [5, 5.41) is 6.88. The highest BCUT2D eigenvalue weighted by Gasteiger charge is 2.27. The summed E-state index contributed by atoms with van der Waals surface area (Å²) in [5.41, 5.74) is 8.44. The number of hydrogen-bond donors (Lipinski definition) is 1. The van der Waals surface area contributed by atoms with E-state index >= 15 is 0 Å². The van der Waals surface area contributed by atoms with Crippen LogP contribution in [0.4, 0.5) is 0 Å². The van der Waals surface area contributed by atoms with Crippen molar-refractivity contribution in [1.82, 2.24) is 20.2 Å². The second kappa shape index (κ2) is 12.0. The molecule has 5 nitrogen and oxygen atoms in total. The molecule has 0 fully saturated rings. The maximum absolute atomic E-state index is 13.3. The number of aromatic nitrogens is 2. The molecule has 0 bridgehead atoms. The number of hydrogen-bond acceptors (Lipinski definition) is 3. The van der Waals surface area contributed by atoms with Crippen molar-refractivity contribution in [2.45, 2.75) is 71.8 Å². The van der Waals surface area contributed by atoms with Crippen LogP contribution in [-0.2, 0) is 19.4 Å². The van der Waals surface area contributed by atoms with E-state index in [1.807, 2.05) is 5.01 Å². The molecule has 1 aromatic heterocycles. The minimum atomic E-state index is -0.0850. The lowest BCUT2D eigenvalue weighted by molar-refractivity contribution is 0.0780. The zero-order valence-electron chi connectivity index (χ0n) is 18.7. The number of rotatable bonds is 11. The van der Waals surface area contributed by atoms with Gasteiger partial charge in [0.15, 0.2) is 5.69 Å². The summed E-state index contributed by atoms with van der Waals surface area (Å²) in [5.74, 6) is 0.602. The van der Waals surface area contributed by atoms with Crippen molar-refractivity contribution in [2.24, 2.45) is 0 Å². The van der Waals surface area contributed by atoms with Gasteiger partial charge in [-0.2, -0.15) is 5.10 Å². The van der Waals surface area contributed by atoms with E-state index in [4.69, 9.17) is 16.7 Å². The second-order valence-corrected chi connectivity index (χ2v) is 9.53. The molecule has 170 valence electrons. The van der Waals surface area contributed by atoms with E-state index in [1.165, 1.54) is 11.1 Å². The van der Waals surface area contributed by atoms with Gasteiger partial charge in [-0.1, -0.05) is 42.3 Å². The van der Waals surface area contributed by atoms with Crippen molar-refractivity contribution >= 4 is 33.4 Å². The van der Waals surface area contributed by atoms with E-state index < -0.39 is 0 Å². The monoisotopic (exact) mass is 508 g/mol. The lowest BCUT2D eigenvalue weighted by Crippen LogP contribution is -2.43. The number of aryl methyl sites for hydroxylation is 2. The van der Waals surface area contributed by atoms with Crippen LogP contribution < -0.4 is 5.43 Å². The molecule has 1 aliphatic rings. The van der Waals surface area contributed by atoms with Gasteiger partial charge < -0.3 is 0 Å². The molecule has 1 aliphatic carbocycles. The highest BCUT2D eigenvalue weighted by atomic mass is 79.9. The predicted octanol–water partition coefficient (Wildman–Crippen LogP) is 5.98. The van der Waals surface area contributed by atoms with Gasteiger partial charge >= 0.3 is 0 Å². The highest BCUT2D eigenvalue weighted by Crippen LogP contribution is 2.36. The fraction of sp³-hybridized carbons (Fsp3) is 0.583. The average molecular weight is 510 g/mol. The first-order chi connectivity index (χ1) is 15.1. The topological polar surface area (TPSA) is 50.2 Å². The SMILES string of the molecule is CCCN(CCC)NC(=O)c1nn(CCCCCCl)c2c1CCCc1cc(Br)ccc1-2. The lowest BCUT2D eigenvalue weighted by Gasteiger charge is -2.21. The van der Waals surface area contributed by atoms with Gasteiger partial charge in [-0.25, -0.2) is 5.01 Å². The minimum absolute atomic E-state index is 0.0850. The number of halogens is 2. The maximum atomic E-state index is 13.3. The van der Waals surface area contributed by atoms with Crippen LogP contribution in [0.5, 0.6) is 0 Å². The predicted molar refractivity (Wildman–Crippen MR) is 132 cm³/mol. The molecule has 0 unspecified atom stereocenters. The Morgan fingerprint density at radius 3 is 2.68 bits per heavy atom. The Labute approximate surface area is 199 Å². The van der Waals surface area contributed by atoms with E-state index in [0.717, 1.165) is 86.7 Å². The largest absolute Gasteiger partial charge is 0.286 e. The number of alkyl halides is 1. The molecule has 1 N–H and O–H groups in total. The lowest BCUT2D eigenvalue weighted by atomic mass is 10.0. The van der Waals surface area contributed by atoms with Gasteiger partial charge in [0.25, 0.3) is 5.91 Å². The summed E-state index contributed by atoms with van der Waals surface area (Å²) in [4.78, 5) is 13.3. The molecule has 0 aliphatic heterocycles. The molecule has 1 heterocycles. The maximum Gasteiger partial charge on any atom is 0.286 e. The number of hydrazine groups is 1. The van der Waals surface area contributed by atoms with Crippen molar-refractivity contribution in [3.63, 3.8) is 0 Å². The van der Waals surface area contributed by atoms with Crippen LogP contribution in [0.3, 0.4) is 0 Å². The Hall–Kier alpha value is -1.37. The van der Waals surface area contributed by atoms with Crippen LogP contribution in [0.15, 0.2) is 22.7 Å². The molecule has 1 aromatic carbocycles. The molecule has 0 saturated heterocycles. The van der Waals surface area contributed by atoms with Crippen LogP contribution in [0.25, 0.3) is 11.3 Å². The second-order valence-electron chi connectivity index (χ2n) is 8.23. The fourth-order valence-corrected chi connectivity index (χ4v) is 4.93. The Balaban J connectivity index is 1.97. The van der Waals surface area contributed by atoms with Gasteiger partial charge in [0, 0.05) is 41.1 Å². The number of benzene rings is 1. The quantitative estimate of drug-likeness (QED) is 0.230. The van der Waals surface area contributed by atoms with Gasteiger partial charge in [-0.05, 0) is 62.6 Å². The summed E-state index contributed by atoms with van der Waals surface area (Å²) in [7, 11) is 0. The van der Waals surface area contributed by atoms with Crippen molar-refractivity contribution < 1.29 is 4.79 Å². The van der Waals surface area contributed by atoms with Gasteiger partial charge in [0.1, 0.15) is 0 Å². The summed E-state index contributed by atoms with van der Waals surface area (Å²) in [6, 6.07) is 6.46. The molecule has 0 spiro atoms. The molecule has 0 saturated carbocycles. The summed E-state index contributed by atoms with van der Waals surface area (Å²) in [6.45, 7) is 6.75. The average Bonchev–Trinajstić information content (AvgIpc) is 2.99. The van der Waals surface area contributed by atoms with Crippen molar-refractivity contribution in [2.75, 3.05) is 19.0 Å². The van der Waals surface area contributed by atoms with Crippen LogP contribution in [0.1, 0.15) is 74.0 Å². The number of carbonyl (C=O) groups is 1. The van der Waals surface area contributed by atoms with E-state index in [0.29, 0.717) is 11.6 Å². The van der Waals surface area contributed by atoms with E-state index in [-0.39, 0.29) is 5.91 Å². The van der Waals surface area contributed by atoms with Crippen molar-refractivity contribution in [3.05, 3.63) is 39.5 Å². The third-order valence-electron chi connectivity index (χ3n) is 5.71. The van der Waals surface area contributed by atoms with Gasteiger partial charge in [-0.3, -0.25) is 14.9 Å². The van der Waals surface area contributed by atoms with Crippen molar-refractivity contribution in [3.8, 4) is 11.3 Å². The van der Waals surface area contributed by atoms with Crippen LogP contribution in [0.2, 0.25) is 0 Å². The third-order valence-corrected chi connectivity index (χ3v) is 6.47. The summed E-state index contributed by atoms with van der Waals surface area (Å²) in [6.07, 6.45) is 7.96. The Morgan fingerprint density at radius 2 is 1.97 bits per heavy atom. The number of amides is 1. The van der Waals surface area contributed by atoms with E-state index in [1.54, 1.807) is 0 Å². The summed E-state index contributed by atoms with van der Waals surface area (Å²) >= 11 is 9.48.